The third-order valence-electron chi connectivity index (χ3n) is 3.91. The van der Waals surface area contributed by atoms with E-state index in [1.807, 2.05) is 0 Å². The summed E-state index contributed by atoms with van der Waals surface area (Å²) in [6, 6.07) is 5.10. The molecule has 0 aromatic heterocycles. The van der Waals surface area contributed by atoms with E-state index in [0.717, 1.165) is 24.8 Å². The zero-order valence-electron chi connectivity index (χ0n) is 15.0. The Morgan fingerprint density at radius 3 is 2.67 bits per heavy atom. The molecule has 0 aliphatic carbocycles. The molecular weight excluding hydrogens is 302 g/mol. The van der Waals surface area contributed by atoms with Crippen molar-refractivity contribution in [2.45, 2.75) is 64.8 Å². The lowest BCUT2D eigenvalue weighted by atomic mass is 10.1. The van der Waals surface area contributed by atoms with Crippen molar-refractivity contribution in [1.29, 1.82) is 0 Å². The van der Waals surface area contributed by atoms with Gasteiger partial charge in [-0.05, 0) is 43.4 Å². The second kappa shape index (κ2) is 12.5. The first-order valence-electron chi connectivity index (χ1n) is 8.95. The van der Waals surface area contributed by atoms with E-state index in [-0.39, 0.29) is 11.7 Å². The number of carbonyl (C=O) groups is 1. The van der Waals surface area contributed by atoms with Crippen molar-refractivity contribution >= 4 is 5.91 Å². The quantitative estimate of drug-likeness (QED) is 0.430. The van der Waals surface area contributed by atoms with E-state index in [0.29, 0.717) is 18.7 Å². The van der Waals surface area contributed by atoms with Crippen molar-refractivity contribution in [3.8, 4) is 11.5 Å². The highest BCUT2D eigenvalue weighted by atomic mass is 16.5. The number of methoxy groups -OCH3 is 1. The van der Waals surface area contributed by atoms with Crippen molar-refractivity contribution in [1.82, 2.24) is 5.32 Å². The molecule has 134 valence electrons. The molecule has 0 unspecified atom stereocenters. The second-order valence-corrected chi connectivity index (χ2v) is 5.97. The highest BCUT2D eigenvalue weighted by Gasteiger charge is 2.05. The highest BCUT2D eigenvalue weighted by molar-refractivity contribution is 5.75. The zero-order valence-corrected chi connectivity index (χ0v) is 15.0. The maximum absolute atomic E-state index is 11.8. The van der Waals surface area contributed by atoms with Crippen LogP contribution in [0.4, 0.5) is 0 Å². The molecule has 0 fully saturated rings. The number of unbranched alkanes of at least 4 members (excludes halogenated alkanes) is 5. The molecule has 0 atom stereocenters. The van der Waals surface area contributed by atoms with Gasteiger partial charge >= 0.3 is 0 Å². The van der Waals surface area contributed by atoms with Crippen molar-refractivity contribution in [2.24, 2.45) is 0 Å². The third-order valence-corrected chi connectivity index (χ3v) is 3.91. The summed E-state index contributed by atoms with van der Waals surface area (Å²) in [7, 11) is 1.51. The second-order valence-electron chi connectivity index (χ2n) is 5.97. The maximum Gasteiger partial charge on any atom is 0.220 e. The van der Waals surface area contributed by atoms with Gasteiger partial charge in [0.1, 0.15) is 0 Å². The number of nitrogens with one attached hydrogen (secondary N) is 1. The predicted octanol–water partition coefficient (Wildman–Crippen LogP) is 4.71. The molecule has 1 aromatic carbocycles. The minimum Gasteiger partial charge on any atom is -0.504 e. The van der Waals surface area contributed by atoms with Gasteiger partial charge in [0.2, 0.25) is 5.91 Å². The van der Waals surface area contributed by atoms with Crippen LogP contribution >= 0.6 is 0 Å². The van der Waals surface area contributed by atoms with E-state index in [1.165, 1.54) is 32.8 Å². The molecule has 2 N–H and O–H groups in total. The summed E-state index contributed by atoms with van der Waals surface area (Å²) in [5.41, 5.74) is 0.915. The molecule has 0 bridgehead atoms. The van der Waals surface area contributed by atoms with Crippen LogP contribution in [0.2, 0.25) is 0 Å². The van der Waals surface area contributed by atoms with Gasteiger partial charge in [0, 0.05) is 13.0 Å². The van der Waals surface area contributed by atoms with Gasteiger partial charge in [-0.1, -0.05) is 44.4 Å². The topological polar surface area (TPSA) is 58.6 Å². The molecule has 1 amide bonds. The number of allylic oxidation sites excluding steroid dienone is 2. The Balaban J connectivity index is 2.09. The molecule has 0 saturated heterocycles. The number of aromatic hydroxyl groups is 1. The number of phenols is 1. The lowest BCUT2D eigenvalue weighted by Gasteiger charge is -2.08. The third kappa shape index (κ3) is 8.61. The smallest absolute Gasteiger partial charge is 0.220 e. The predicted molar refractivity (Wildman–Crippen MR) is 98.3 cm³/mol. The van der Waals surface area contributed by atoms with Crippen LogP contribution in [-0.2, 0) is 11.3 Å². The van der Waals surface area contributed by atoms with Crippen molar-refractivity contribution in [3.63, 3.8) is 0 Å². The van der Waals surface area contributed by atoms with E-state index in [1.54, 1.807) is 18.2 Å². The molecule has 0 heterocycles. The standard InChI is InChI=1S/C20H31NO3/c1-3-4-5-6-7-8-9-10-11-12-20(23)21-16-17-13-14-18(22)19(15-17)24-2/h4-5,13-15,22H,3,6-12,16H2,1-2H3,(H,21,23)/b5-4+. The van der Waals surface area contributed by atoms with Gasteiger partial charge in [0.15, 0.2) is 11.5 Å². The lowest BCUT2D eigenvalue weighted by molar-refractivity contribution is -0.121. The monoisotopic (exact) mass is 333 g/mol. The van der Waals surface area contributed by atoms with Gasteiger partial charge in [0.25, 0.3) is 0 Å². The largest absolute Gasteiger partial charge is 0.504 e. The normalized spacial score (nSPS) is 10.9. The molecule has 0 saturated carbocycles. The van der Waals surface area contributed by atoms with Gasteiger partial charge in [-0.3, -0.25) is 4.79 Å². The summed E-state index contributed by atoms with van der Waals surface area (Å²) in [6.07, 6.45) is 13.1. The Morgan fingerprint density at radius 2 is 1.92 bits per heavy atom. The highest BCUT2D eigenvalue weighted by Crippen LogP contribution is 2.26. The fourth-order valence-corrected chi connectivity index (χ4v) is 2.48. The Labute approximate surface area is 145 Å². The molecule has 0 aliphatic rings. The number of amides is 1. The summed E-state index contributed by atoms with van der Waals surface area (Å²) in [6.45, 7) is 2.61. The summed E-state index contributed by atoms with van der Waals surface area (Å²) >= 11 is 0. The lowest BCUT2D eigenvalue weighted by Crippen LogP contribution is -2.22. The average Bonchev–Trinajstić information content (AvgIpc) is 2.59. The van der Waals surface area contributed by atoms with E-state index in [4.69, 9.17) is 4.74 Å². The Hall–Kier alpha value is -1.97. The first-order valence-corrected chi connectivity index (χ1v) is 8.95. The Morgan fingerprint density at radius 1 is 1.17 bits per heavy atom. The van der Waals surface area contributed by atoms with Crippen LogP contribution in [0, 0.1) is 0 Å². The average molecular weight is 333 g/mol. The van der Waals surface area contributed by atoms with Crippen LogP contribution in [-0.4, -0.2) is 18.1 Å². The van der Waals surface area contributed by atoms with Crippen LogP contribution in [0.3, 0.4) is 0 Å². The number of hydrogen-bond donors (Lipinski definition) is 2. The van der Waals surface area contributed by atoms with Crippen LogP contribution in [0.5, 0.6) is 11.5 Å². The molecule has 0 aliphatic heterocycles. The van der Waals surface area contributed by atoms with Gasteiger partial charge in [-0.15, -0.1) is 0 Å². The summed E-state index contributed by atoms with van der Waals surface area (Å²) in [5.74, 6) is 0.612. The number of rotatable bonds is 12. The van der Waals surface area contributed by atoms with Crippen molar-refractivity contribution < 1.29 is 14.6 Å². The minimum atomic E-state index is 0.0768. The molecule has 0 spiro atoms. The van der Waals surface area contributed by atoms with Gasteiger partial charge in [0.05, 0.1) is 7.11 Å². The Kier molecular flexibility index (Phi) is 10.4. The van der Waals surface area contributed by atoms with Gasteiger partial charge in [-0.2, -0.15) is 0 Å². The van der Waals surface area contributed by atoms with E-state index in [2.05, 4.69) is 24.4 Å². The van der Waals surface area contributed by atoms with E-state index < -0.39 is 0 Å². The maximum atomic E-state index is 11.8. The summed E-state index contributed by atoms with van der Waals surface area (Å²) in [4.78, 5) is 11.8. The molecule has 1 aromatic rings. The number of phenolic OH excluding ortho intramolecular Hbond substituents is 1. The van der Waals surface area contributed by atoms with Crippen molar-refractivity contribution in [2.75, 3.05) is 7.11 Å². The van der Waals surface area contributed by atoms with Gasteiger partial charge < -0.3 is 15.2 Å². The zero-order chi connectivity index (χ0) is 17.6. The number of hydrogen-bond acceptors (Lipinski definition) is 3. The fourth-order valence-electron chi connectivity index (χ4n) is 2.48. The molecular formula is C20H31NO3. The molecule has 1 rings (SSSR count). The number of benzene rings is 1. The summed E-state index contributed by atoms with van der Waals surface area (Å²) < 4.78 is 5.06. The van der Waals surface area contributed by atoms with Gasteiger partial charge in [-0.25, -0.2) is 0 Å². The van der Waals surface area contributed by atoms with Crippen LogP contribution in [0.1, 0.15) is 63.9 Å². The van der Waals surface area contributed by atoms with E-state index >= 15 is 0 Å². The molecule has 4 heteroatoms. The SMILES string of the molecule is CC/C=C/CCCCCCCC(=O)NCc1ccc(O)c(OC)c1. The molecule has 4 nitrogen and oxygen atoms in total. The van der Waals surface area contributed by atoms with Crippen LogP contribution in [0.15, 0.2) is 30.4 Å². The first kappa shape index (κ1) is 20.1. The van der Waals surface area contributed by atoms with Crippen LogP contribution in [0.25, 0.3) is 0 Å². The van der Waals surface area contributed by atoms with Crippen molar-refractivity contribution in [3.05, 3.63) is 35.9 Å². The minimum absolute atomic E-state index is 0.0768. The molecule has 0 radical (unpaired) electrons. The first-order chi connectivity index (χ1) is 11.7. The number of carbonyl (C=O) groups excluding carboxylic acids is 1. The van der Waals surface area contributed by atoms with Crippen LogP contribution < -0.4 is 10.1 Å². The number of ether oxygens (including phenoxy) is 1. The molecule has 24 heavy (non-hydrogen) atoms. The summed E-state index contributed by atoms with van der Waals surface area (Å²) in [5, 5.41) is 12.5. The Bertz CT molecular complexity index is 512. The fraction of sp³-hybridized carbons (Fsp3) is 0.550. The van der Waals surface area contributed by atoms with E-state index in [9.17, 15) is 9.90 Å².